The second-order valence-corrected chi connectivity index (χ2v) is 4.60. The minimum atomic E-state index is -0.240. The van der Waals surface area contributed by atoms with Crippen LogP contribution in [-0.2, 0) is 11.3 Å². The van der Waals surface area contributed by atoms with Crippen molar-refractivity contribution >= 4 is 5.91 Å². The minimum absolute atomic E-state index is 0.0892. The second kappa shape index (κ2) is 5.96. The number of benzene rings is 1. The quantitative estimate of drug-likeness (QED) is 0.885. The van der Waals surface area contributed by atoms with E-state index in [-0.39, 0.29) is 17.8 Å². The smallest absolute Gasteiger partial charge is 0.240 e. The van der Waals surface area contributed by atoms with Gasteiger partial charge in [0.2, 0.25) is 5.91 Å². The summed E-state index contributed by atoms with van der Waals surface area (Å²) in [5.74, 6) is -0.151. The number of amides is 1. The van der Waals surface area contributed by atoms with Crippen LogP contribution in [0.3, 0.4) is 0 Å². The van der Waals surface area contributed by atoms with E-state index in [4.69, 9.17) is 0 Å². The molecule has 1 aliphatic rings. The second-order valence-electron chi connectivity index (χ2n) is 4.60. The van der Waals surface area contributed by atoms with Crippen LogP contribution in [0.25, 0.3) is 0 Å². The molecule has 98 valence electrons. The van der Waals surface area contributed by atoms with E-state index in [2.05, 4.69) is 5.32 Å². The van der Waals surface area contributed by atoms with Crippen molar-refractivity contribution in [2.75, 3.05) is 13.1 Å². The van der Waals surface area contributed by atoms with Crippen molar-refractivity contribution in [3.05, 3.63) is 35.6 Å². The van der Waals surface area contributed by atoms with Gasteiger partial charge in [0.05, 0.1) is 6.04 Å². The molecule has 1 atom stereocenters. The van der Waals surface area contributed by atoms with Crippen molar-refractivity contribution in [1.82, 2.24) is 10.2 Å². The van der Waals surface area contributed by atoms with Gasteiger partial charge in [0.1, 0.15) is 5.82 Å². The summed E-state index contributed by atoms with van der Waals surface area (Å²) in [5.41, 5.74) is 0.586. The maximum atomic E-state index is 13.6. The fourth-order valence-electron chi connectivity index (χ4n) is 2.37. The van der Waals surface area contributed by atoms with E-state index in [0.717, 1.165) is 25.9 Å². The molecule has 1 aliphatic heterocycles. The molecular formula is C14H19FN2O. The molecule has 18 heavy (non-hydrogen) atoms. The summed E-state index contributed by atoms with van der Waals surface area (Å²) in [4.78, 5) is 13.9. The van der Waals surface area contributed by atoms with Crippen LogP contribution in [0.4, 0.5) is 4.39 Å². The Morgan fingerprint density at radius 1 is 1.44 bits per heavy atom. The molecule has 0 bridgehead atoms. The van der Waals surface area contributed by atoms with E-state index in [0.29, 0.717) is 12.1 Å². The minimum Gasteiger partial charge on any atom is -0.337 e. The van der Waals surface area contributed by atoms with E-state index in [1.54, 1.807) is 23.1 Å². The Bertz CT molecular complexity index is 420. The highest BCUT2D eigenvalue weighted by atomic mass is 19.1. The van der Waals surface area contributed by atoms with Crippen molar-refractivity contribution in [2.24, 2.45) is 0 Å². The largest absolute Gasteiger partial charge is 0.337 e. The molecule has 1 fully saturated rings. The number of carbonyl (C=O) groups is 1. The first-order valence-corrected chi connectivity index (χ1v) is 6.48. The summed E-state index contributed by atoms with van der Waals surface area (Å²) in [6.45, 7) is 3.86. The van der Waals surface area contributed by atoms with Crippen LogP contribution in [0.5, 0.6) is 0 Å². The Labute approximate surface area is 107 Å². The molecule has 3 nitrogen and oxygen atoms in total. The Balaban J connectivity index is 2.05. The molecule has 1 amide bonds. The number of hydrogen-bond donors (Lipinski definition) is 1. The zero-order valence-electron chi connectivity index (χ0n) is 10.7. The van der Waals surface area contributed by atoms with Crippen LogP contribution in [-0.4, -0.2) is 29.9 Å². The molecule has 1 aromatic rings. The van der Waals surface area contributed by atoms with Gasteiger partial charge in [-0.3, -0.25) is 4.79 Å². The number of likely N-dealkylation sites (N-methyl/N-ethyl adjacent to an activating group) is 1. The van der Waals surface area contributed by atoms with Gasteiger partial charge in [-0.2, -0.15) is 0 Å². The van der Waals surface area contributed by atoms with Gasteiger partial charge in [-0.05, 0) is 25.5 Å². The summed E-state index contributed by atoms with van der Waals surface area (Å²) < 4.78 is 13.6. The van der Waals surface area contributed by atoms with Gasteiger partial charge in [0.15, 0.2) is 0 Å². The van der Waals surface area contributed by atoms with Gasteiger partial charge < -0.3 is 10.2 Å². The number of rotatable bonds is 4. The van der Waals surface area contributed by atoms with Crippen LogP contribution < -0.4 is 5.32 Å². The van der Waals surface area contributed by atoms with E-state index >= 15 is 0 Å². The lowest BCUT2D eigenvalue weighted by atomic mass is 10.0. The van der Waals surface area contributed by atoms with E-state index in [1.807, 2.05) is 6.92 Å². The van der Waals surface area contributed by atoms with Gasteiger partial charge >= 0.3 is 0 Å². The van der Waals surface area contributed by atoms with E-state index < -0.39 is 0 Å². The topological polar surface area (TPSA) is 32.3 Å². The van der Waals surface area contributed by atoms with Crippen molar-refractivity contribution in [3.63, 3.8) is 0 Å². The number of halogens is 1. The molecule has 0 saturated carbocycles. The molecule has 1 aromatic carbocycles. The third-order valence-electron chi connectivity index (χ3n) is 3.30. The number of hydrogen-bond acceptors (Lipinski definition) is 2. The van der Waals surface area contributed by atoms with E-state index in [9.17, 15) is 9.18 Å². The Morgan fingerprint density at radius 2 is 2.22 bits per heavy atom. The van der Waals surface area contributed by atoms with E-state index in [1.165, 1.54) is 6.07 Å². The molecule has 1 N–H and O–H groups in total. The van der Waals surface area contributed by atoms with Gasteiger partial charge in [-0.15, -0.1) is 0 Å². The van der Waals surface area contributed by atoms with Crippen LogP contribution >= 0.6 is 0 Å². The first-order chi connectivity index (χ1) is 8.72. The normalized spacial score (nSPS) is 20.2. The molecule has 4 heteroatoms. The summed E-state index contributed by atoms with van der Waals surface area (Å²) >= 11 is 0. The van der Waals surface area contributed by atoms with Crippen LogP contribution in [0.2, 0.25) is 0 Å². The van der Waals surface area contributed by atoms with Gasteiger partial charge in [-0.25, -0.2) is 4.39 Å². The van der Waals surface area contributed by atoms with Gasteiger partial charge in [-0.1, -0.05) is 25.1 Å². The summed E-state index contributed by atoms with van der Waals surface area (Å²) in [7, 11) is 0. The molecule has 0 radical (unpaired) electrons. The van der Waals surface area contributed by atoms with Crippen molar-refractivity contribution < 1.29 is 9.18 Å². The highest BCUT2D eigenvalue weighted by Crippen LogP contribution is 2.16. The predicted octanol–water partition coefficient (Wildman–Crippen LogP) is 1.93. The van der Waals surface area contributed by atoms with Crippen LogP contribution in [0.1, 0.15) is 25.3 Å². The van der Waals surface area contributed by atoms with Crippen molar-refractivity contribution in [1.29, 1.82) is 0 Å². The maximum absolute atomic E-state index is 13.6. The van der Waals surface area contributed by atoms with Gasteiger partial charge in [0.25, 0.3) is 0 Å². The number of likely N-dealkylation sites (tertiary alicyclic amines) is 1. The number of nitrogens with one attached hydrogen (secondary N) is 1. The predicted molar refractivity (Wildman–Crippen MR) is 68.5 cm³/mol. The average molecular weight is 250 g/mol. The highest BCUT2D eigenvalue weighted by Gasteiger charge is 2.28. The summed E-state index contributed by atoms with van der Waals surface area (Å²) in [6.07, 6.45) is 1.85. The molecule has 2 rings (SSSR count). The lowest BCUT2D eigenvalue weighted by Crippen LogP contribution is -2.50. The third kappa shape index (κ3) is 2.88. The molecule has 1 unspecified atom stereocenters. The third-order valence-corrected chi connectivity index (χ3v) is 3.30. The molecule has 0 aromatic heterocycles. The average Bonchev–Trinajstić information content (AvgIpc) is 2.37. The monoisotopic (exact) mass is 250 g/mol. The molecule has 1 saturated heterocycles. The lowest BCUT2D eigenvalue weighted by Gasteiger charge is -2.32. The van der Waals surface area contributed by atoms with Crippen LogP contribution in [0.15, 0.2) is 24.3 Å². The molecular weight excluding hydrogens is 231 g/mol. The zero-order chi connectivity index (χ0) is 13.0. The first kappa shape index (κ1) is 13.0. The Morgan fingerprint density at radius 3 is 2.94 bits per heavy atom. The molecule has 1 heterocycles. The molecule has 0 spiro atoms. The summed E-state index contributed by atoms with van der Waals surface area (Å²) in [5, 5.41) is 3.18. The standard InChI is InChI=1S/C14H19FN2O/c1-2-16-13-8-5-9-17(14(13)18)10-11-6-3-4-7-12(11)15/h3-4,6-7,13,16H,2,5,8-10H2,1H3. The maximum Gasteiger partial charge on any atom is 0.240 e. The van der Waals surface area contributed by atoms with Crippen molar-refractivity contribution in [2.45, 2.75) is 32.4 Å². The van der Waals surface area contributed by atoms with Gasteiger partial charge in [0, 0.05) is 18.7 Å². The number of nitrogens with zero attached hydrogens (tertiary/aromatic N) is 1. The molecule has 0 aliphatic carbocycles. The Kier molecular flexibility index (Phi) is 4.31. The Hall–Kier alpha value is -1.42. The fraction of sp³-hybridized carbons (Fsp3) is 0.500. The number of piperidine rings is 1. The van der Waals surface area contributed by atoms with Crippen LogP contribution in [0, 0.1) is 5.82 Å². The first-order valence-electron chi connectivity index (χ1n) is 6.48. The number of carbonyl (C=O) groups excluding carboxylic acids is 1. The SMILES string of the molecule is CCNC1CCCN(Cc2ccccc2F)C1=O. The lowest BCUT2D eigenvalue weighted by molar-refractivity contribution is -0.136. The van der Waals surface area contributed by atoms with Crippen molar-refractivity contribution in [3.8, 4) is 0 Å². The zero-order valence-corrected chi connectivity index (χ0v) is 10.7. The fourth-order valence-corrected chi connectivity index (χ4v) is 2.37. The summed E-state index contributed by atoms with van der Waals surface area (Å²) in [6, 6.07) is 6.54. The highest BCUT2D eigenvalue weighted by molar-refractivity contribution is 5.82.